The molecule has 0 bridgehead atoms. The molecular formula is C17H14ClFN4O3. The highest BCUT2D eigenvalue weighted by atomic mass is 35.5. The second-order valence-electron chi connectivity index (χ2n) is 5.28. The van der Waals surface area contributed by atoms with E-state index in [9.17, 15) is 9.18 Å². The van der Waals surface area contributed by atoms with Gasteiger partial charge in [-0.25, -0.2) is 4.39 Å². The molecule has 0 radical (unpaired) electrons. The number of methoxy groups -OCH3 is 1. The molecular weight excluding hydrogens is 363 g/mol. The Kier molecular flexibility index (Phi) is 5.04. The summed E-state index contributed by atoms with van der Waals surface area (Å²) in [5, 5.41) is 10.3. The molecule has 3 rings (SSSR count). The number of benzene rings is 2. The van der Waals surface area contributed by atoms with E-state index in [1.165, 1.54) is 19.2 Å². The largest absolute Gasteiger partial charge is 0.493 e. The molecule has 0 unspecified atom stereocenters. The predicted molar refractivity (Wildman–Crippen MR) is 92.6 cm³/mol. The van der Waals surface area contributed by atoms with Crippen LogP contribution in [0.15, 0.2) is 36.4 Å². The summed E-state index contributed by atoms with van der Waals surface area (Å²) in [5.74, 6) is -0.252. The number of nitrogens with one attached hydrogen (secondary N) is 1. The number of H-pyrrole nitrogens is 1. The monoisotopic (exact) mass is 376 g/mol. The molecule has 0 aliphatic heterocycles. The van der Waals surface area contributed by atoms with Crippen LogP contribution in [0.25, 0.3) is 11.3 Å². The third kappa shape index (κ3) is 3.60. The summed E-state index contributed by atoms with van der Waals surface area (Å²) in [4.78, 5) is 11.4. The molecule has 0 saturated carbocycles. The van der Waals surface area contributed by atoms with Gasteiger partial charge in [-0.2, -0.15) is 15.4 Å². The van der Waals surface area contributed by atoms with Crippen molar-refractivity contribution in [2.75, 3.05) is 7.11 Å². The lowest BCUT2D eigenvalue weighted by atomic mass is 10.1. The molecule has 3 N–H and O–H groups in total. The smallest absolute Gasteiger partial charge is 0.271 e. The molecule has 134 valence electrons. The minimum Gasteiger partial charge on any atom is -0.493 e. The van der Waals surface area contributed by atoms with Gasteiger partial charge in [0.1, 0.15) is 18.1 Å². The van der Waals surface area contributed by atoms with Gasteiger partial charge in [0.05, 0.1) is 12.1 Å². The maximum absolute atomic E-state index is 13.1. The third-order valence-electron chi connectivity index (χ3n) is 3.62. The molecule has 0 spiro atoms. The zero-order valence-electron chi connectivity index (χ0n) is 13.6. The van der Waals surface area contributed by atoms with Crippen LogP contribution in [0.2, 0.25) is 5.02 Å². The molecule has 0 aliphatic carbocycles. The van der Waals surface area contributed by atoms with Gasteiger partial charge in [0.15, 0.2) is 17.2 Å². The summed E-state index contributed by atoms with van der Waals surface area (Å²) in [6, 6.07) is 9.07. The summed E-state index contributed by atoms with van der Waals surface area (Å²) < 4.78 is 24.2. The van der Waals surface area contributed by atoms with E-state index >= 15 is 0 Å². The topological polar surface area (TPSA) is 103 Å². The van der Waals surface area contributed by atoms with Crippen LogP contribution in [0.1, 0.15) is 16.1 Å². The molecule has 0 saturated heterocycles. The fourth-order valence-electron chi connectivity index (χ4n) is 2.33. The molecule has 0 fully saturated rings. The van der Waals surface area contributed by atoms with Crippen LogP contribution >= 0.6 is 11.6 Å². The molecule has 9 heteroatoms. The van der Waals surface area contributed by atoms with E-state index < -0.39 is 11.7 Å². The molecule has 0 aliphatic rings. The number of halogens is 2. The highest BCUT2D eigenvalue weighted by molar-refractivity contribution is 6.31. The number of ether oxygens (including phenoxy) is 2. The molecule has 1 aromatic heterocycles. The van der Waals surface area contributed by atoms with Gasteiger partial charge in [-0.1, -0.05) is 17.7 Å². The van der Waals surface area contributed by atoms with Gasteiger partial charge in [-0.05, 0) is 30.3 Å². The second-order valence-corrected chi connectivity index (χ2v) is 5.68. The number of hydrogen-bond acceptors (Lipinski definition) is 5. The van der Waals surface area contributed by atoms with Gasteiger partial charge in [0, 0.05) is 11.1 Å². The third-order valence-corrected chi connectivity index (χ3v) is 3.97. The van der Waals surface area contributed by atoms with Gasteiger partial charge in [0.25, 0.3) is 5.91 Å². The average molecular weight is 377 g/mol. The predicted octanol–water partition coefficient (Wildman–Crippen LogP) is 2.95. The van der Waals surface area contributed by atoms with Crippen molar-refractivity contribution in [1.82, 2.24) is 15.4 Å². The minimum atomic E-state index is -0.695. The van der Waals surface area contributed by atoms with Crippen molar-refractivity contribution in [3.05, 3.63) is 58.5 Å². The molecule has 1 heterocycles. The van der Waals surface area contributed by atoms with Crippen LogP contribution in [0, 0.1) is 5.82 Å². The Morgan fingerprint density at radius 1 is 1.23 bits per heavy atom. The molecule has 2 aromatic carbocycles. The Labute approximate surface area is 152 Å². The Balaban J connectivity index is 1.85. The lowest BCUT2D eigenvalue weighted by molar-refractivity contribution is 0.0996. The number of carbonyl (C=O) groups excluding carboxylic acids is 1. The molecule has 1 amide bonds. The number of rotatable bonds is 6. The normalized spacial score (nSPS) is 10.6. The summed E-state index contributed by atoms with van der Waals surface area (Å²) >= 11 is 6.00. The maximum Gasteiger partial charge on any atom is 0.271 e. The van der Waals surface area contributed by atoms with Gasteiger partial charge in [0.2, 0.25) is 0 Å². The number of nitrogens with two attached hydrogens (primary N) is 1. The number of amides is 1. The van der Waals surface area contributed by atoms with E-state index in [4.69, 9.17) is 26.8 Å². The van der Waals surface area contributed by atoms with Crippen molar-refractivity contribution in [2.24, 2.45) is 5.73 Å². The number of aromatic nitrogens is 3. The summed E-state index contributed by atoms with van der Waals surface area (Å²) in [6.45, 7) is 0.130. The van der Waals surface area contributed by atoms with Crippen molar-refractivity contribution in [3.8, 4) is 22.8 Å². The summed E-state index contributed by atoms with van der Waals surface area (Å²) in [6.07, 6.45) is 0. The first-order valence-electron chi connectivity index (χ1n) is 7.45. The summed E-state index contributed by atoms with van der Waals surface area (Å²) in [7, 11) is 1.48. The second kappa shape index (κ2) is 7.40. The van der Waals surface area contributed by atoms with Gasteiger partial charge < -0.3 is 15.2 Å². The molecule has 3 aromatic rings. The van der Waals surface area contributed by atoms with E-state index in [0.717, 1.165) is 0 Å². The van der Waals surface area contributed by atoms with Gasteiger partial charge in [-0.3, -0.25) is 4.79 Å². The zero-order valence-corrected chi connectivity index (χ0v) is 14.4. The standard InChI is InChI=1S/C17H14ClFN4O3/c1-25-14-6-9(15-16(17(20)24)22-23-21-15)3-5-13(14)26-8-10-2-4-11(19)7-12(10)18/h2-7H,8H2,1H3,(H2,20,24)(H,21,22,23). The van der Waals surface area contributed by atoms with Crippen LogP contribution in [0.5, 0.6) is 11.5 Å². The Bertz CT molecular complexity index is 961. The quantitative estimate of drug-likeness (QED) is 0.688. The summed E-state index contributed by atoms with van der Waals surface area (Å²) in [5.41, 5.74) is 6.82. The van der Waals surface area contributed by atoms with Crippen molar-refractivity contribution in [1.29, 1.82) is 0 Å². The van der Waals surface area contributed by atoms with Crippen molar-refractivity contribution >= 4 is 17.5 Å². The van der Waals surface area contributed by atoms with E-state index in [1.807, 2.05) is 0 Å². The van der Waals surface area contributed by atoms with Crippen molar-refractivity contribution < 1.29 is 18.7 Å². The number of hydrogen-bond donors (Lipinski definition) is 2. The van der Waals surface area contributed by atoms with Gasteiger partial charge >= 0.3 is 0 Å². The number of carbonyl (C=O) groups is 1. The van der Waals surface area contributed by atoms with Crippen LogP contribution in [-0.4, -0.2) is 28.4 Å². The Morgan fingerprint density at radius 2 is 2.04 bits per heavy atom. The van der Waals surface area contributed by atoms with Gasteiger partial charge in [-0.15, -0.1) is 0 Å². The minimum absolute atomic E-state index is 0.0267. The Hall–Kier alpha value is -3.13. The fourth-order valence-corrected chi connectivity index (χ4v) is 2.55. The van der Waals surface area contributed by atoms with E-state index in [-0.39, 0.29) is 17.3 Å². The highest BCUT2D eigenvalue weighted by Crippen LogP contribution is 2.33. The number of primary amides is 1. The molecule has 7 nitrogen and oxygen atoms in total. The lowest BCUT2D eigenvalue weighted by Gasteiger charge is -2.12. The fraction of sp³-hybridized carbons (Fsp3) is 0.118. The average Bonchev–Trinajstić information content (AvgIpc) is 3.11. The first kappa shape index (κ1) is 17.7. The van der Waals surface area contributed by atoms with E-state index in [1.54, 1.807) is 24.3 Å². The number of nitrogens with zero attached hydrogens (tertiary/aromatic N) is 2. The zero-order chi connectivity index (χ0) is 18.7. The van der Waals surface area contributed by atoms with Crippen LogP contribution in [0.3, 0.4) is 0 Å². The molecule has 26 heavy (non-hydrogen) atoms. The lowest BCUT2D eigenvalue weighted by Crippen LogP contribution is -2.12. The van der Waals surface area contributed by atoms with Crippen molar-refractivity contribution in [2.45, 2.75) is 6.61 Å². The van der Waals surface area contributed by atoms with Crippen LogP contribution in [-0.2, 0) is 6.61 Å². The first-order chi connectivity index (χ1) is 12.5. The van der Waals surface area contributed by atoms with Crippen LogP contribution in [0.4, 0.5) is 4.39 Å². The molecule has 0 atom stereocenters. The highest BCUT2D eigenvalue weighted by Gasteiger charge is 2.17. The maximum atomic E-state index is 13.1. The first-order valence-corrected chi connectivity index (χ1v) is 7.83. The van der Waals surface area contributed by atoms with E-state index in [2.05, 4.69) is 15.4 Å². The number of aromatic amines is 1. The van der Waals surface area contributed by atoms with Crippen LogP contribution < -0.4 is 15.2 Å². The van der Waals surface area contributed by atoms with E-state index in [0.29, 0.717) is 28.3 Å². The SMILES string of the molecule is COc1cc(-c2n[nH]nc2C(N)=O)ccc1OCc1ccc(F)cc1Cl. The van der Waals surface area contributed by atoms with Crippen molar-refractivity contribution in [3.63, 3.8) is 0 Å². The Morgan fingerprint density at radius 3 is 2.73 bits per heavy atom.